The summed E-state index contributed by atoms with van der Waals surface area (Å²) in [7, 11) is 0. The van der Waals surface area contributed by atoms with Crippen LogP contribution in [-0.4, -0.2) is 10.9 Å². The van der Waals surface area contributed by atoms with E-state index in [0.29, 0.717) is 11.5 Å². The third-order valence-corrected chi connectivity index (χ3v) is 1.56. The van der Waals surface area contributed by atoms with Gasteiger partial charge in [-0.25, -0.2) is 4.98 Å². The van der Waals surface area contributed by atoms with Gasteiger partial charge in [-0.05, 0) is 24.6 Å². The van der Waals surface area contributed by atoms with Gasteiger partial charge in [-0.15, -0.1) is 12.4 Å². The number of hydrogen-bond acceptors (Lipinski definition) is 3. The molecule has 0 saturated carbocycles. The topological polar surface area (TPSA) is 68.0 Å². The lowest BCUT2D eigenvalue weighted by atomic mass is 10.3. The van der Waals surface area contributed by atoms with Crippen molar-refractivity contribution in [2.45, 2.75) is 13.3 Å². The minimum atomic E-state index is -0.154. The number of halogens is 1. The molecule has 15 heavy (non-hydrogen) atoms. The second-order valence-corrected chi connectivity index (χ2v) is 2.77. The molecule has 1 amide bonds. The van der Waals surface area contributed by atoms with E-state index in [4.69, 9.17) is 5.73 Å². The van der Waals surface area contributed by atoms with Gasteiger partial charge in [-0.2, -0.15) is 0 Å². The largest absolute Gasteiger partial charge is 0.384 e. The van der Waals surface area contributed by atoms with Crippen molar-refractivity contribution >= 4 is 29.8 Å². The molecule has 0 aromatic carbocycles. The van der Waals surface area contributed by atoms with Gasteiger partial charge in [0.25, 0.3) is 0 Å². The molecule has 0 aliphatic carbocycles. The lowest BCUT2D eigenvalue weighted by molar-refractivity contribution is -0.111. The van der Waals surface area contributed by atoms with Crippen molar-refractivity contribution in [1.29, 1.82) is 0 Å². The highest BCUT2D eigenvalue weighted by atomic mass is 35.5. The molecule has 0 unspecified atom stereocenters. The van der Waals surface area contributed by atoms with Crippen molar-refractivity contribution in [3.63, 3.8) is 0 Å². The molecule has 1 aromatic rings. The Kier molecular flexibility index (Phi) is 6.13. The van der Waals surface area contributed by atoms with E-state index in [1.807, 2.05) is 6.92 Å². The fourth-order valence-corrected chi connectivity index (χ4v) is 0.888. The third-order valence-electron chi connectivity index (χ3n) is 1.56. The second kappa shape index (κ2) is 6.84. The monoisotopic (exact) mass is 227 g/mol. The molecule has 0 saturated heterocycles. The normalized spacial score (nSPS) is 9.67. The van der Waals surface area contributed by atoms with Gasteiger partial charge in [0.05, 0.1) is 11.9 Å². The third kappa shape index (κ3) is 5.02. The van der Waals surface area contributed by atoms with Crippen molar-refractivity contribution in [1.82, 2.24) is 4.98 Å². The summed E-state index contributed by atoms with van der Waals surface area (Å²) in [6.45, 7) is 1.97. The zero-order chi connectivity index (χ0) is 10.4. The fourth-order valence-electron chi connectivity index (χ4n) is 0.888. The summed E-state index contributed by atoms with van der Waals surface area (Å²) in [5.74, 6) is 0.283. The van der Waals surface area contributed by atoms with Crippen LogP contribution in [0.4, 0.5) is 11.5 Å². The van der Waals surface area contributed by atoms with Crippen molar-refractivity contribution < 1.29 is 4.79 Å². The van der Waals surface area contributed by atoms with Crippen LogP contribution >= 0.6 is 12.4 Å². The van der Waals surface area contributed by atoms with Gasteiger partial charge >= 0.3 is 0 Å². The summed E-state index contributed by atoms with van der Waals surface area (Å²) in [6, 6.07) is 3.35. The Morgan fingerprint density at radius 1 is 1.60 bits per heavy atom. The lowest BCUT2D eigenvalue weighted by Crippen LogP contribution is -2.08. The van der Waals surface area contributed by atoms with Crippen LogP contribution in [0.2, 0.25) is 0 Å². The van der Waals surface area contributed by atoms with E-state index in [2.05, 4.69) is 10.3 Å². The van der Waals surface area contributed by atoms with E-state index in [0.717, 1.165) is 6.42 Å². The Morgan fingerprint density at radius 2 is 2.33 bits per heavy atom. The van der Waals surface area contributed by atoms with E-state index < -0.39 is 0 Å². The van der Waals surface area contributed by atoms with E-state index in [1.165, 1.54) is 12.3 Å². The summed E-state index contributed by atoms with van der Waals surface area (Å²) >= 11 is 0. The van der Waals surface area contributed by atoms with E-state index in [1.54, 1.807) is 18.2 Å². The molecule has 1 heterocycles. The summed E-state index contributed by atoms with van der Waals surface area (Å²) in [4.78, 5) is 15.1. The standard InChI is InChI=1S/C10H13N3O.ClH/c1-2-3-4-10(14)13-8-5-6-9(11)12-7-8;/h3-7H,2H2,1H3,(H2,11,12)(H,13,14);1H/b4-3+;. The molecule has 0 aliphatic heterocycles. The number of nitrogens with one attached hydrogen (secondary N) is 1. The number of carbonyl (C=O) groups is 1. The van der Waals surface area contributed by atoms with Gasteiger partial charge in [0, 0.05) is 0 Å². The van der Waals surface area contributed by atoms with Crippen LogP contribution in [0.5, 0.6) is 0 Å². The molecule has 0 spiro atoms. The number of amides is 1. The van der Waals surface area contributed by atoms with Gasteiger partial charge in [0.2, 0.25) is 5.91 Å². The van der Waals surface area contributed by atoms with Crippen molar-refractivity contribution in [2.75, 3.05) is 11.1 Å². The Labute approximate surface area is 95.0 Å². The van der Waals surface area contributed by atoms with E-state index in [-0.39, 0.29) is 18.3 Å². The average Bonchev–Trinajstić information content (AvgIpc) is 2.18. The molecular weight excluding hydrogens is 214 g/mol. The first-order chi connectivity index (χ1) is 6.72. The number of pyridine rings is 1. The predicted molar refractivity (Wildman–Crippen MR) is 64.0 cm³/mol. The maximum absolute atomic E-state index is 11.2. The fraction of sp³-hybridized carbons (Fsp3) is 0.200. The molecule has 0 radical (unpaired) electrons. The molecule has 3 N–H and O–H groups in total. The molecule has 0 atom stereocenters. The van der Waals surface area contributed by atoms with E-state index in [9.17, 15) is 4.79 Å². The molecule has 1 aromatic heterocycles. The molecule has 5 heteroatoms. The van der Waals surface area contributed by atoms with Crippen LogP contribution < -0.4 is 11.1 Å². The number of aromatic nitrogens is 1. The Balaban J connectivity index is 0.00000196. The zero-order valence-electron chi connectivity index (χ0n) is 8.43. The minimum Gasteiger partial charge on any atom is -0.384 e. The molecule has 0 fully saturated rings. The first-order valence-electron chi connectivity index (χ1n) is 4.41. The Hall–Kier alpha value is -1.55. The quantitative estimate of drug-likeness (QED) is 0.776. The number of rotatable bonds is 3. The maximum Gasteiger partial charge on any atom is 0.248 e. The molecule has 4 nitrogen and oxygen atoms in total. The maximum atomic E-state index is 11.2. The Bertz CT molecular complexity index is 335. The van der Waals surface area contributed by atoms with Crippen LogP contribution in [0, 0.1) is 0 Å². The number of nitrogens with two attached hydrogens (primary N) is 1. The van der Waals surface area contributed by atoms with Gasteiger partial charge in [0.1, 0.15) is 5.82 Å². The van der Waals surface area contributed by atoms with Gasteiger partial charge in [-0.1, -0.05) is 13.0 Å². The highest BCUT2D eigenvalue weighted by Gasteiger charge is 1.96. The highest BCUT2D eigenvalue weighted by molar-refractivity contribution is 5.99. The van der Waals surface area contributed by atoms with Crippen LogP contribution in [0.25, 0.3) is 0 Å². The predicted octanol–water partition coefficient (Wildman–Crippen LogP) is 1.99. The molecule has 0 bridgehead atoms. The molecular formula is C10H14ClN3O. The van der Waals surface area contributed by atoms with E-state index >= 15 is 0 Å². The first kappa shape index (κ1) is 13.4. The van der Waals surface area contributed by atoms with Crippen molar-refractivity contribution in [3.8, 4) is 0 Å². The molecule has 1 rings (SSSR count). The summed E-state index contributed by atoms with van der Waals surface area (Å²) in [5.41, 5.74) is 6.04. The molecule has 0 aliphatic rings. The summed E-state index contributed by atoms with van der Waals surface area (Å²) in [6.07, 6.45) is 5.65. The summed E-state index contributed by atoms with van der Waals surface area (Å²) in [5, 5.41) is 2.66. The van der Waals surface area contributed by atoms with Crippen LogP contribution in [0.3, 0.4) is 0 Å². The summed E-state index contributed by atoms with van der Waals surface area (Å²) < 4.78 is 0. The minimum absolute atomic E-state index is 0. The van der Waals surface area contributed by atoms with Crippen LogP contribution in [0.15, 0.2) is 30.5 Å². The number of allylic oxidation sites excluding steroid dienone is 1. The molecule has 82 valence electrons. The van der Waals surface area contributed by atoms with Gasteiger partial charge < -0.3 is 11.1 Å². The number of hydrogen-bond donors (Lipinski definition) is 2. The Morgan fingerprint density at radius 3 is 2.87 bits per heavy atom. The van der Waals surface area contributed by atoms with Crippen molar-refractivity contribution in [2.24, 2.45) is 0 Å². The second-order valence-electron chi connectivity index (χ2n) is 2.77. The first-order valence-corrected chi connectivity index (χ1v) is 4.41. The van der Waals surface area contributed by atoms with Crippen LogP contribution in [0.1, 0.15) is 13.3 Å². The highest BCUT2D eigenvalue weighted by Crippen LogP contribution is 2.06. The number of nitrogens with zero attached hydrogens (tertiary/aromatic N) is 1. The lowest BCUT2D eigenvalue weighted by Gasteiger charge is -2.00. The van der Waals surface area contributed by atoms with Crippen LogP contribution in [-0.2, 0) is 4.79 Å². The van der Waals surface area contributed by atoms with Crippen molar-refractivity contribution in [3.05, 3.63) is 30.5 Å². The SMILES string of the molecule is CC/C=C/C(=O)Nc1ccc(N)nc1.Cl. The number of nitrogen functional groups attached to an aromatic ring is 1. The smallest absolute Gasteiger partial charge is 0.248 e. The van der Waals surface area contributed by atoms with Gasteiger partial charge in [-0.3, -0.25) is 4.79 Å². The zero-order valence-corrected chi connectivity index (χ0v) is 9.25. The van der Waals surface area contributed by atoms with Gasteiger partial charge in [0.15, 0.2) is 0 Å². The average molecular weight is 228 g/mol. The number of carbonyl (C=O) groups excluding carboxylic acids is 1. The number of anilines is 2.